The van der Waals surface area contributed by atoms with Gasteiger partial charge in [0.2, 0.25) is 5.13 Å². The molecule has 90 valence electrons. The predicted octanol–water partition coefficient (Wildman–Crippen LogP) is 1.33. The summed E-state index contributed by atoms with van der Waals surface area (Å²) >= 11 is 1.30. The molecule has 0 aliphatic carbocycles. The van der Waals surface area contributed by atoms with E-state index in [1.54, 1.807) is 12.1 Å². The largest absolute Gasteiger partial charge is 0.374 e. The van der Waals surface area contributed by atoms with Gasteiger partial charge in [0.05, 0.1) is 5.75 Å². The molecule has 1 aromatic carbocycles. The van der Waals surface area contributed by atoms with E-state index < -0.39 is 9.84 Å². The molecule has 0 atom stereocenters. The Kier molecular flexibility index (Phi) is 3.12. The Morgan fingerprint density at radius 2 is 1.88 bits per heavy atom. The van der Waals surface area contributed by atoms with Crippen LogP contribution in [-0.2, 0) is 15.6 Å². The number of aromatic nitrogens is 2. The van der Waals surface area contributed by atoms with Crippen LogP contribution in [0.5, 0.6) is 0 Å². The summed E-state index contributed by atoms with van der Waals surface area (Å²) in [6, 6.07) is 7.18. The van der Waals surface area contributed by atoms with Crippen molar-refractivity contribution >= 4 is 26.3 Å². The molecule has 0 unspecified atom stereocenters. The Balaban J connectivity index is 2.24. The minimum atomic E-state index is -3.00. The molecule has 0 aliphatic rings. The van der Waals surface area contributed by atoms with Crippen LogP contribution in [0.2, 0.25) is 0 Å². The van der Waals surface area contributed by atoms with E-state index in [4.69, 9.17) is 5.73 Å². The fraction of sp³-hybridized carbons (Fsp3) is 0.200. The summed E-state index contributed by atoms with van der Waals surface area (Å²) < 4.78 is 22.2. The highest BCUT2D eigenvalue weighted by molar-refractivity contribution is 7.89. The third-order valence-electron chi connectivity index (χ3n) is 2.07. The van der Waals surface area contributed by atoms with Crippen LogP contribution in [0.1, 0.15) is 5.56 Å². The number of benzene rings is 1. The first kappa shape index (κ1) is 12.0. The van der Waals surface area contributed by atoms with E-state index in [0.717, 1.165) is 16.1 Å². The number of hydrogen-bond acceptors (Lipinski definition) is 6. The molecule has 0 aliphatic heterocycles. The van der Waals surface area contributed by atoms with E-state index in [1.807, 2.05) is 12.1 Å². The minimum absolute atomic E-state index is 0.0472. The maximum atomic E-state index is 11.1. The van der Waals surface area contributed by atoms with Crippen molar-refractivity contribution in [3.05, 3.63) is 29.8 Å². The molecule has 7 heteroatoms. The minimum Gasteiger partial charge on any atom is -0.374 e. The molecular weight excluding hydrogens is 258 g/mol. The lowest BCUT2D eigenvalue weighted by molar-refractivity contribution is 0.601. The SMILES string of the molecule is CS(=O)(=O)Cc1ccc(-c2nnc(N)s2)cc1. The molecule has 0 saturated carbocycles. The van der Waals surface area contributed by atoms with Gasteiger partial charge < -0.3 is 5.73 Å². The number of hydrogen-bond donors (Lipinski definition) is 1. The maximum absolute atomic E-state index is 11.1. The molecule has 2 N–H and O–H groups in total. The van der Waals surface area contributed by atoms with E-state index in [-0.39, 0.29) is 5.75 Å². The third kappa shape index (κ3) is 3.24. The van der Waals surface area contributed by atoms with Gasteiger partial charge in [-0.3, -0.25) is 0 Å². The first-order valence-electron chi connectivity index (χ1n) is 4.80. The molecule has 0 amide bonds. The van der Waals surface area contributed by atoms with E-state index >= 15 is 0 Å². The van der Waals surface area contributed by atoms with Gasteiger partial charge in [0, 0.05) is 11.8 Å². The van der Waals surface area contributed by atoms with Gasteiger partial charge in [-0.2, -0.15) is 0 Å². The first-order chi connectivity index (χ1) is 7.94. The standard InChI is InChI=1S/C10H11N3O2S2/c1-17(14,15)6-7-2-4-8(5-3-7)9-12-13-10(11)16-9/h2-5H,6H2,1H3,(H2,11,13). The highest BCUT2D eigenvalue weighted by Crippen LogP contribution is 2.24. The van der Waals surface area contributed by atoms with Gasteiger partial charge in [-0.05, 0) is 5.56 Å². The van der Waals surface area contributed by atoms with Gasteiger partial charge in [-0.25, -0.2) is 8.42 Å². The fourth-order valence-electron chi connectivity index (χ4n) is 1.40. The van der Waals surface area contributed by atoms with Crippen LogP contribution in [0.4, 0.5) is 5.13 Å². The summed E-state index contributed by atoms with van der Waals surface area (Å²) in [5.41, 5.74) is 7.14. The average Bonchev–Trinajstić information content (AvgIpc) is 2.63. The van der Waals surface area contributed by atoms with Gasteiger partial charge in [0.15, 0.2) is 9.84 Å². The topological polar surface area (TPSA) is 85.9 Å². The zero-order chi connectivity index (χ0) is 12.5. The number of nitrogens with zero attached hydrogens (tertiary/aromatic N) is 2. The molecule has 0 bridgehead atoms. The zero-order valence-electron chi connectivity index (χ0n) is 9.12. The van der Waals surface area contributed by atoms with Gasteiger partial charge in [-0.1, -0.05) is 35.6 Å². The Morgan fingerprint density at radius 1 is 1.24 bits per heavy atom. The van der Waals surface area contributed by atoms with E-state index in [0.29, 0.717) is 5.13 Å². The van der Waals surface area contributed by atoms with Crippen molar-refractivity contribution in [1.29, 1.82) is 0 Å². The van der Waals surface area contributed by atoms with E-state index in [9.17, 15) is 8.42 Å². The molecule has 17 heavy (non-hydrogen) atoms. The monoisotopic (exact) mass is 269 g/mol. The highest BCUT2D eigenvalue weighted by atomic mass is 32.2. The maximum Gasteiger partial charge on any atom is 0.203 e. The lowest BCUT2D eigenvalue weighted by Gasteiger charge is -2.00. The molecule has 0 radical (unpaired) electrons. The lowest BCUT2D eigenvalue weighted by Crippen LogP contribution is -2.00. The van der Waals surface area contributed by atoms with Crippen LogP contribution in [0.25, 0.3) is 10.6 Å². The Labute approximate surface area is 103 Å². The number of sulfone groups is 1. The van der Waals surface area contributed by atoms with Crippen LogP contribution in [0, 0.1) is 0 Å². The van der Waals surface area contributed by atoms with Gasteiger partial charge >= 0.3 is 0 Å². The first-order valence-corrected chi connectivity index (χ1v) is 7.68. The molecule has 0 fully saturated rings. The Bertz CT molecular complexity index is 617. The van der Waals surface area contributed by atoms with Crippen molar-refractivity contribution in [3.8, 4) is 10.6 Å². The molecule has 5 nitrogen and oxygen atoms in total. The van der Waals surface area contributed by atoms with E-state index in [2.05, 4.69) is 10.2 Å². The van der Waals surface area contributed by atoms with Crippen molar-refractivity contribution < 1.29 is 8.42 Å². The third-order valence-corrected chi connectivity index (χ3v) is 3.73. The summed E-state index contributed by atoms with van der Waals surface area (Å²) in [5, 5.41) is 8.79. The summed E-state index contributed by atoms with van der Waals surface area (Å²) in [6.07, 6.45) is 1.21. The number of anilines is 1. The van der Waals surface area contributed by atoms with Gasteiger partial charge in [0.1, 0.15) is 5.01 Å². The van der Waals surface area contributed by atoms with Gasteiger partial charge in [0.25, 0.3) is 0 Å². The Hall–Kier alpha value is -1.47. The molecule has 0 saturated heterocycles. The fourth-order valence-corrected chi connectivity index (χ4v) is 2.81. The van der Waals surface area contributed by atoms with Crippen molar-refractivity contribution in [2.45, 2.75) is 5.75 Å². The van der Waals surface area contributed by atoms with Crippen LogP contribution in [0.15, 0.2) is 24.3 Å². The second kappa shape index (κ2) is 4.42. The number of nitrogens with two attached hydrogens (primary N) is 1. The average molecular weight is 269 g/mol. The highest BCUT2D eigenvalue weighted by Gasteiger charge is 2.07. The molecule has 1 heterocycles. The summed E-state index contributed by atoms with van der Waals surface area (Å²) in [7, 11) is -3.00. The summed E-state index contributed by atoms with van der Waals surface area (Å²) in [4.78, 5) is 0. The van der Waals surface area contributed by atoms with E-state index in [1.165, 1.54) is 17.6 Å². The van der Waals surface area contributed by atoms with Crippen LogP contribution >= 0.6 is 11.3 Å². The molecule has 0 spiro atoms. The summed E-state index contributed by atoms with van der Waals surface area (Å²) in [5.74, 6) is 0.0472. The van der Waals surface area contributed by atoms with Crippen molar-refractivity contribution in [3.63, 3.8) is 0 Å². The quantitative estimate of drug-likeness (QED) is 0.908. The number of nitrogen functional groups attached to an aromatic ring is 1. The predicted molar refractivity (Wildman–Crippen MR) is 68.3 cm³/mol. The number of rotatable bonds is 3. The van der Waals surface area contributed by atoms with Crippen molar-refractivity contribution in [2.75, 3.05) is 12.0 Å². The van der Waals surface area contributed by atoms with Crippen LogP contribution in [0.3, 0.4) is 0 Å². The molecule has 2 rings (SSSR count). The summed E-state index contributed by atoms with van der Waals surface area (Å²) in [6.45, 7) is 0. The smallest absolute Gasteiger partial charge is 0.203 e. The lowest BCUT2D eigenvalue weighted by atomic mass is 10.2. The van der Waals surface area contributed by atoms with Crippen molar-refractivity contribution in [1.82, 2.24) is 10.2 Å². The molecular formula is C10H11N3O2S2. The second-order valence-electron chi connectivity index (χ2n) is 3.71. The zero-order valence-corrected chi connectivity index (χ0v) is 10.8. The molecule has 2 aromatic rings. The van der Waals surface area contributed by atoms with Crippen LogP contribution in [-0.4, -0.2) is 24.9 Å². The van der Waals surface area contributed by atoms with Crippen LogP contribution < -0.4 is 5.73 Å². The molecule has 1 aromatic heterocycles. The normalized spacial score (nSPS) is 11.6. The second-order valence-corrected chi connectivity index (χ2v) is 6.86. The van der Waals surface area contributed by atoms with Gasteiger partial charge in [-0.15, -0.1) is 10.2 Å². The Morgan fingerprint density at radius 3 is 2.35 bits per heavy atom. The van der Waals surface area contributed by atoms with Crippen molar-refractivity contribution in [2.24, 2.45) is 0 Å².